The van der Waals surface area contributed by atoms with Crippen LogP contribution in [0.25, 0.3) is 0 Å². The van der Waals surface area contributed by atoms with Crippen LogP contribution in [0, 0.1) is 0 Å². The fourth-order valence-electron chi connectivity index (χ4n) is 0.819. The van der Waals surface area contributed by atoms with Crippen LogP contribution < -0.4 is 22.6 Å². The number of hydrogen-bond donors (Lipinski definition) is 4. The average Bonchev–Trinajstić information content (AvgIpc) is 2.18. The molecule has 7 N–H and O–H groups in total. The van der Waals surface area contributed by atoms with Crippen LogP contribution in [0.4, 0.5) is 5.69 Å². The summed E-state index contributed by atoms with van der Waals surface area (Å²) in [6.07, 6.45) is 0. The van der Waals surface area contributed by atoms with Gasteiger partial charge in [0.2, 0.25) is 11.9 Å². The molecule has 0 aliphatic carbocycles. The zero-order chi connectivity index (χ0) is 11.3. The van der Waals surface area contributed by atoms with E-state index in [1.54, 1.807) is 24.3 Å². The van der Waals surface area contributed by atoms with Crippen molar-refractivity contribution in [3.05, 3.63) is 29.3 Å². The molecular weight excluding hydrogens is 216 g/mol. The maximum atomic E-state index is 5.86. The Morgan fingerprint density at radius 2 is 1.87 bits per heavy atom. The van der Waals surface area contributed by atoms with Crippen LogP contribution in [-0.2, 0) is 0 Å². The summed E-state index contributed by atoms with van der Waals surface area (Å²) in [7, 11) is 0. The Balaban J connectivity index is 2.79. The van der Waals surface area contributed by atoms with E-state index in [0.717, 1.165) is 0 Å². The van der Waals surface area contributed by atoms with Crippen LogP contribution in [-0.4, -0.2) is 11.9 Å². The van der Waals surface area contributed by atoms with Crippen molar-refractivity contribution in [3.63, 3.8) is 0 Å². The second kappa shape index (κ2) is 5.06. The predicted octanol–water partition coefficient (Wildman–Crippen LogP) is 0.0642. The average molecular weight is 227 g/mol. The summed E-state index contributed by atoms with van der Waals surface area (Å²) in [4.78, 5) is 3.96. The van der Waals surface area contributed by atoms with Gasteiger partial charge in [0.15, 0.2) is 0 Å². The van der Waals surface area contributed by atoms with Crippen LogP contribution >= 0.6 is 11.6 Å². The van der Waals surface area contributed by atoms with Gasteiger partial charge < -0.3 is 17.2 Å². The highest BCUT2D eigenvalue weighted by atomic mass is 35.5. The zero-order valence-corrected chi connectivity index (χ0v) is 8.57. The van der Waals surface area contributed by atoms with Crippen LogP contribution in [0.1, 0.15) is 0 Å². The summed E-state index contributed by atoms with van der Waals surface area (Å²) < 4.78 is 0. The lowest BCUT2D eigenvalue weighted by molar-refractivity contribution is 0.994. The van der Waals surface area contributed by atoms with E-state index in [9.17, 15) is 0 Å². The number of halogens is 1. The molecule has 0 spiro atoms. The summed E-state index contributed by atoms with van der Waals surface area (Å²) in [6.45, 7) is 0. The molecule has 0 atom stereocenters. The fraction of sp³-hybridized carbons (Fsp3) is 0. The standard InChI is InChI=1S/C8H11ClN6/c9-5-3-1-2-4-6(5)13-8(12)15-14-7(10)11/h1-4H,(H4,10,11,14)(H3,12,13,15). The molecule has 0 aliphatic rings. The molecule has 0 saturated heterocycles. The van der Waals surface area contributed by atoms with Gasteiger partial charge in [-0.25, -0.2) is 10.4 Å². The molecule has 0 heterocycles. The fourth-order valence-corrected chi connectivity index (χ4v) is 0.997. The predicted molar refractivity (Wildman–Crippen MR) is 61.7 cm³/mol. The highest BCUT2D eigenvalue weighted by Gasteiger charge is 1.97. The van der Waals surface area contributed by atoms with Crippen LogP contribution in [0.3, 0.4) is 0 Å². The van der Waals surface area contributed by atoms with Crippen molar-refractivity contribution in [2.75, 3.05) is 0 Å². The van der Waals surface area contributed by atoms with Crippen molar-refractivity contribution in [2.45, 2.75) is 0 Å². The second-order valence-electron chi connectivity index (χ2n) is 2.60. The maximum Gasteiger partial charge on any atom is 0.214 e. The van der Waals surface area contributed by atoms with Crippen molar-refractivity contribution in [1.29, 1.82) is 0 Å². The first-order valence-corrected chi connectivity index (χ1v) is 4.40. The lowest BCUT2D eigenvalue weighted by atomic mass is 10.3. The minimum atomic E-state index is -0.132. The van der Waals surface area contributed by atoms with E-state index in [1.807, 2.05) is 0 Å². The summed E-state index contributed by atoms with van der Waals surface area (Å²) in [6, 6.07) is 7.00. The second-order valence-corrected chi connectivity index (χ2v) is 3.00. The molecule has 0 unspecified atom stereocenters. The number of guanidine groups is 2. The van der Waals surface area contributed by atoms with E-state index < -0.39 is 0 Å². The number of rotatable bonds is 2. The number of nitrogens with two attached hydrogens (primary N) is 3. The quantitative estimate of drug-likeness (QED) is 0.324. The minimum absolute atomic E-state index is 0.0523. The number of aliphatic imine (C=N–C) groups is 1. The van der Waals surface area contributed by atoms with Gasteiger partial charge in [0, 0.05) is 0 Å². The maximum absolute atomic E-state index is 5.86. The third kappa shape index (κ3) is 3.74. The molecule has 80 valence electrons. The molecule has 0 bridgehead atoms. The van der Waals surface area contributed by atoms with E-state index in [1.165, 1.54) is 0 Å². The van der Waals surface area contributed by atoms with Gasteiger partial charge >= 0.3 is 0 Å². The van der Waals surface area contributed by atoms with Gasteiger partial charge in [-0.2, -0.15) is 0 Å². The van der Waals surface area contributed by atoms with E-state index in [0.29, 0.717) is 10.7 Å². The Morgan fingerprint density at radius 1 is 1.20 bits per heavy atom. The van der Waals surface area contributed by atoms with E-state index in [4.69, 9.17) is 28.8 Å². The van der Waals surface area contributed by atoms with Crippen molar-refractivity contribution in [2.24, 2.45) is 27.3 Å². The molecule has 1 aromatic carbocycles. The SMILES string of the molecule is NC(N)=NNC(N)=Nc1ccccc1Cl. The molecule has 0 radical (unpaired) electrons. The Morgan fingerprint density at radius 3 is 2.47 bits per heavy atom. The van der Waals surface area contributed by atoms with Gasteiger partial charge in [0.05, 0.1) is 10.7 Å². The molecule has 1 rings (SSSR count). The third-order valence-electron chi connectivity index (χ3n) is 1.39. The van der Waals surface area contributed by atoms with Crippen LogP contribution in [0.15, 0.2) is 34.4 Å². The van der Waals surface area contributed by atoms with Crippen molar-refractivity contribution >= 4 is 29.2 Å². The third-order valence-corrected chi connectivity index (χ3v) is 1.71. The first-order chi connectivity index (χ1) is 7.09. The summed E-state index contributed by atoms with van der Waals surface area (Å²) in [5, 5.41) is 3.97. The first-order valence-electron chi connectivity index (χ1n) is 4.03. The lowest BCUT2D eigenvalue weighted by Gasteiger charge is -2.01. The first kappa shape index (κ1) is 11.1. The molecule has 0 aromatic heterocycles. The van der Waals surface area contributed by atoms with Crippen molar-refractivity contribution < 1.29 is 0 Å². The molecular formula is C8H11ClN6. The Bertz CT molecular complexity index is 396. The van der Waals surface area contributed by atoms with Gasteiger partial charge in [-0.3, -0.25) is 0 Å². The van der Waals surface area contributed by atoms with E-state index in [-0.39, 0.29) is 11.9 Å². The summed E-state index contributed by atoms with van der Waals surface area (Å²) in [5.41, 5.74) is 18.6. The largest absolute Gasteiger partial charge is 0.369 e. The van der Waals surface area contributed by atoms with Gasteiger partial charge in [-0.15, -0.1) is 5.10 Å². The molecule has 15 heavy (non-hydrogen) atoms. The number of benzene rings is 1. The van der Waals surface area contributed by atoms with Crippen molar-refractivity contribution in [1.82, 2.24) is 5.43 Å². The van der Waals surface area contributed by atoms with Crippen molar-refractivity contribution in [3.8, 4) is 0 Å². The topological polar surface area (TPSA) is 115 Å². The monoisotopic (exact) mass is 226 g/mol. The molecule has 0 aliphatic heterocycles. The number of nitrogens with one attached hydrogen (secondary N) is 1. The highest BCUT2D eigenvalue weighted by Crippen LogP contribution is 2.23. The van der Waals surface area contributed by atoms with Gasteiger partial charge in [0.25, 0.3) is 0 Å². The summed E-state index contributed by atoms with van der Waals surface area (Å²) in [5.74, 6) is -0.0798. The Hall–Kier alpha value is -1.95. The molecule has 1 aromatic rings. The number of para-hydroxylation sites is 1. The Labute approximate surface area is 91.8 Å². The zero-order valence-electron chi connectivity index (χ0n) is 7.81. The minimum Gasteiger partial charge on any atom is -0.369 e. The number of nitrogens with zero attached hydrogens (tertiary/aromatic N) is 2. The number of hydrogen-bond acceptors (Lipinski definition) is 2. The summed E-state index contributed by atoms with van der Waals surface area (Å²) >= 11 is 5.86. The van der Waals surface area contributed by atoms with Gasteiger partial charge in [-0.1, -0.05) is 23.7 Å². The molecule has 6 nitrogen and oxygen atoms in total. The molecule has 0 fully saturated rings. The lowest BCUT2D eigenvalue weighted by Crippen LogP contribution is -2.32. The van der Waals surface area contributed by atoms with E-state index in [2.05, 4.69) is 15.5 Å². The molecule has 0 amide bonds. The van der Waals surface area contributed by atoms with E-state index >= 15 is 0 Å². The molecule has 0 saturated carbocycles. The normalized spacial score (nSPS) is 10.9. The number of hydrazone groups is 1. The van der Waals surface area contributed by atoms with Crippen LogP contribution in [0.2, 0.25) is 5.02 Å². The highest BCUT2D eigenvalue weighted by molar-refractivity contribution is 6.33. The Kier molecular flexibility index (Phi) is 3.75. The molecule has 7 heteroatoms. The van der Waals surface area contributed by atoms with Gasteiger partial charge in [-0.05, 0) is 12.1 Å². The smallest absolute Gasteiger partial charge is 0.214 e. The van der Waals surface area contributed by atoms with Gasteiger partial charge in [0.1, 0.15) is 0 Å². The van der Waals surface area contributed by atoms with Crippen LogP contribution in [0.5, 0.6) is 0 Å².